The van der Waals surface area contributed by atoms with Crippen LogP contribution in [0.5, 0.6) is 0 Å². The summed E-state index contributed by atoms with van der Waals surface area (Å²) in [6, 6.07) is 10.4. The number of aliphatic hydroxyl groups is 1. The number of hydrogen-bond acceptors (Lipinski definition) is 2. The average Bonchev–Trinajstić information content (AvgIpc) is 2.34. The molecule has 0 saturated heterocycles. The highest BCUT2D eigenvalue weighted by Crippen LogP contribution is 2.17. The first-order valence-electron chi connectivity index (χ1n) is 6.61. The van der Waals surface area contributed by atoms with Gasteiger partial charge in [-0.05, 0) is 51.3 Å². The first-order valence-corrected chi connectivity index (χ1v) is 6.61. The Morgan fingerprint density at radius 1 is 1.12 bits per heavy atom. The van der Waals surface area contributed by atoms with Gasteiger partial charge in [0.15, 0.2) is 0 Å². The van der Waals surface area contributed by atoms with Gasteiger partial charge in [0.05, 0.1) is 5.60 Å². The molecule has 0 bridgehead atoms. The Bertz CT molecular complexity index is 295. The third kappa shape index (κ3) is 6.44. The summed E-state index contributed by atoms with van der Waals surface area (Å²) >= 11 is 0. The highest BCUT2D eigenvalue weighted by atomic mass is 16.3. The Morgan fingerprint density at radius 3 is 2.47 bits per heavy atom. The van der Waals surface area contributed by atoms with Gasteiger partial charge < -0.3 is 10.4 Å². The molecule has 0 aliphatic heterocycles. The molecule has 1 atom stereocenters. The molecule has 2 heteroatoms. The quantitative estimate of drug-likeness (QED) is 0.679. The molecule has 2 nitrogen and oxygen atoms in total. The zero-order valence-electron chi connectivity index (χ0n) is 11.1. The second kappa shape index (κ2) is 7.46. The van der Waals surface area contributed by atoms with Crippen LogP contribution in [0.1, 0.15) is 38.7 Å². The SMILES string of the molecule is CCCNCCC(C)(O)CCc1ccccc1. The largest absolute Gasteiger partial charge is 0.390 e. The lowest BCUT2D eigenvalue weighted by Crippen LogP contribution is -2.30. The number of hydrogen-bond donors (Lipinski definition) is 2. The van der Waals surface area contributed by atoms with Crippen LogP contribution in [0, 0.1) is 0 Å². The van der Waals surface area contributed by atoms with Crippen LogP contribution in [-0.2, 0) is 6.42 Å². The van der Waals surface area contributed by atoms with Crippen molar-refractivity contribution in [3.8, 4) is 0 Å². The molecule has 0 spiro atoms. The van der Waals surface area contributed by atoms with Crippen LogP contribution in [0.3, 0.4) is 0 Å². The van der Waals surface area contributed by atoms with E-state index >= 15 is 0 Å². The maximum absolute atomic E-state index is 10.2. The summed E-state index contributed by atoms with van der Waals surface area (Å²) in [5.74, 6) is 0. The minimum absolute atomic E-state index is 0.559. The summed E-state index contributed by atoms with van der Waals surface area (Å²) < 4.78 is 0. The van der Waals surface area contributed by atoms with E-state index < -0.39 is 5.60 Å². The Labute approximate surface area is 105 Å². The van der Waals surface area contributed by atoms with Crippen molar-refractivity contribution in [2.75, 3.05) is 13.1 Å². The first-order chi connectivity index (χ1) is 8.14. The first kappa shape index (κ1) is 14.2. The molecular weight excluding hydrogens is 210 g/mol. The Hall–Kier alpha value is -0.860. The van der Waals surface area contributed by atoms with Crippen LogP contribution in [0.25, 0.3) is 0 Å². The molecule has 1 rings (SSSR count). The fraction of sp³-hybridized carbons (Fsp3) is 0.600. The van der Waals surface area contributed by atoms with Crippen molar-refractivity contribution in [1.29, 1.82) is 0 Å². The standard InChI is InChI=1S/C15H25NO/c1-3-12-16-13-11-15(2,17)10-9-14-7-5-4-6-8-14/h4-8,16-17H,3,9-13H2,1-2H3. The Kier molecular flexibility index (Phi) is 6.23. The molecule has 0 aliphatic carbocycles. The second-order valence-corrected chi connectivity index (χ2v) is 4.98. The van der Waals surface area contributed by atoms with Crippen molar-refractivity contribution in [1.82, 2.24) is 5.32 Å². The third-order valence-electron chi connectivity index (χ3n) is 3.06. The zero-order chi connectivity index (χ0) is 12.6. The zero-order valence-corrected chi connectivity index (χ0v) is 11.1. The third-order valence-corrected chi connectivity index (χ3v) is 3.06. The number of benzene rings is 1. The van der Waals surface area contributed by atoms with Crippen molar-refractivity contribution < 1.29 is 5.11 Å². The molecular formula is C15H25NO. The van der Waals surface area contributed by atoms with Crippen LogP contribution in [-0.4, -0.2) is 23.8 Å². The van der Waals surface area contributed by atoms with E-state index in [4.69, 9.17) is 0 Å². The fourth-order valence-corrected chi connectivity index (χ4v) is 1.84. The van der Waals surface area contributed by atoms with Gasteiger partial charge in [0, 0.05) is 0 Å². The van der Waals surface area contributed by atoms with E-state index in [1.165, 1.54) is 5.56 Å². The van der Waals surface area contributed by atoms with E-state index in [1.54, 1.807) is 0 Å². The lowest BCUT2D eigenvalue weighted by Gasteiger charge is -2.23. The predicted molar refractivity (Wildman–Crippen MR) is 73.2 cm³/mol. The summed E-state index contributed by atoms with van der Waals surface area (Å²) in [6.45, 7) is 6.02. The van der Waals surface area contributed by atoms with E-state index in [9.17, 15) is 5.11 Å². The topological polar surface area (TPSA) is 32.3 Å². The smallest absolute Gasteiger partial charge is 0.0635 e. The summed E-state index contributed by atoms with van der Waals surface area (Å²) in [5, 5.41) is 13.6. The molecule has 1 aromatic carbocycles. The molecule has 1 unspecified atom stereocenters. The van der Waals surface area contributed by atoms with E-state index in [0.29, 0.717) is 0 Å². The molecule has 0 radical (unpaired) electrons. The van der Waals surface area contributed by atoms with Crippen molar-refractivity contribution in [2.24, 2.45) is 0 Å². The van der Waals surface area contributed by atoms with E-state index in [-0.39, 0.29) is 0 Å². The van der Waals surface area contributed by atoms with Gasteiger partial charge in [0.1, 0.15) is 0 Å². The van der Waals surface area contributed by atoms with Gasteiger partial charge in [0.2, 0.25) is 0 Å². The predicted octanol–water partition coefficient (Wildman–Crippen LogP) is 2.76. The maximum Gasteiger partial charge on any atom is 0.0635 e. The minimum atomic E-state index is -0.559. The monoisotopic (exact) mass is 235 g/mol. The van der Waals surface area contributed by atoms with Gasteiger partial charge in [-0.2, -0.15) is 0 Å². The summed E-state index contributed by atoms with van der Waals surface area (Å²) in [5.41, 5.74) is 0.741. The highest BCUT2D eigenvalue weighted by molar-refractivity contribution is 5.14. The Morgan fingerprint density at radius 2 is 1.82 bits per heavy atom. The summed E-state index contributed by atoms with van der Waals surface area (Å²) in [7, 11) is 0. The fourth-order valence-electron chi connectivity index (χ4n) is 1.84. The average molecular weight is 235 g/mol. The summed E-state index contributed by atoms with van der Waals surface area (Å²) in [4.78, 5) is 0. The van der Waals surface area contributed by atoms with Crippen LogP contribution in [0.4, 0.5) is 0 Å². The number of nitrogens with one attached hydrogen (secondary N) is 1. The van der Waals surface area contributed by atoms with Crippen molar-refractivity contribution in [3.63, 3.8) is 0 Å². The normalized spacial score (nSPS) is 14.5. The molecule has 17 heavy (non-hydrogen) atoms. The maximum atomic E-state index is 10.2. The lowest BCUT2D eigenvalue weighted by atomic mass is 9.93. The van der Waals surface area contributed by atoms with E-state index in [2.05, 4.69) is 24.4 Å². The van der Waals surface area contributed by atoms with Crippen molar-refractivity contribution in [3.05, 3.63) is 35.9 Å². The van der Waals surface area contributed by atoms with Crippen LogP contribution >= 0.6 is 0 Å². The Balaban J connectivity index is 2.24. The molecule has 0 aromatic heterocycles. The lowest BCUT2D eigenvalue weighted by molar-refractivity contribution is 0.0426. The molecule has 0 amide bonds. The van der Waals surface area contributed by atoms with Gasteiger partial charge in [-0.15, -0.1) is 0 Å². The van der Waals surface area contributed by atoms with Crippen molar-refractivity contribution in [2.45, 2.75) is 45.1 Å². The van der Waals surface area contributed by atoms with Crippen LogP contribution in [0.15, 0.2) is 30.3 Å². The van der Waals surface area contributed by atoms with E-state index in [0.717, 1.165) is 38.8 Å². The molecule has 2 N–H and O–H groups in total. The van der Waals surface area contributed by atoms with Crippen molar-refractivity contribution >= 4 is 0 Å². The van der Waals surface area contributed by atoms with Gasteiger partial charge in [-0.1, -0.05) is 37.3 Å². The summed E-state index contributed by atoms with van der Waals surface area (Å²) in [6.07, 6.45) is 3.73. The van der Waals surface area contributed by atoms with Crippen LogP contribution < -0.4 is 5.32 Å². The van der Waals surface area contributed by atoms with Gasteiger partial charge in [-0.3, -0.25) is 0 Å². The van der Waals surface area contributed by atoms with Gasteiger partial charge in [-0.25, -0.2) is 0 Å². The second-order valence-electron chi connectivity index (χ2n) is 4.98. The number of aryl methyl sites for hydroxylation is 1. The molecule has 0 saturated carbocycles. The highest BCUT2D eigenvalue weighted by Gasteiger charge is 2.19. The van der Waals surface area contributed by atoms with E-state index in [1.807, 2.05) is 25.1 Å². The molecule has 1 aromatic rings. The molecule has 0 fully saturated rings. The molecule has 96 valence electrons. The molecule has 0 aliphatic rings. The minimum Gasteiger partial charge on any atom is -0.390 e. The van der Waals surface area contributed by atoms with Gasteiger partial charge >= 0.3 is 0 Å². The van der Waals surface area contributed by atoms with Crippen LogP contribution in [0.2, 0.25) is 0 Å². The number of rotatable bonds is 8. The van der Waals surface area contributed by atoms with Gasteiger partial charge in [0.25, 0.3) is 0 Å². The molecule has 0 heterocycles.